The number of nitrogens with zero attached hydrogens (tertiary/aromatic N) is 2. The molecule has 1 aromatic heterocycles. The van der Waals surface area contributed by atoms with Gasteiger partial charge in [-0.1, -0.05) is 6.92 Å². The van der Waals surface area contributed by atoms with E-state index >= 15 is 0 Å². The maximum atomic E-state index is 12.8. The van der Waals surface area contributed by atoms with E-state index in [4.69, 9.17) is 0 Å². The van der Waals surface area contributed by atoms with Gasteiger partial charge in [0.1, 0.15) is 5.82 Å². The van der Waals surface area contributed by atoms with Crippen LogP contribution < -0.4 is 5.32 Å². The van der Waals surface area contributed by atoms with Crippen molar-refractivity contribution in [2.75, 3.05) is 27.2 Å². The molecule has 1 heterocycles. The van der Waals surface area contributed by atoms with Gasteiger partial charge in [-0.15, -0.1) is 0 Å². The first-order valence-corrected chi connectivity index (χ1v) is 5.63. The number of hydrogen-bond acceptors (Lipinski definition) is 3. The molecule has 0 aromatic carbocycles. The van der Waals surface area contributed by atoms with E-state index in [1.807, 2.05) is 14.1 Å². The zero-order valence-corrected chi connectivity index (χ0v) is 10.2. The van der Waals surface area contributed by atoms with E-state index in [0.717, 1.165) is 25.2 Å². The Morgan fingerprint density at radius 2 is 2.19 bits per heavy atom. The molecule has 90 valence electrons. The van der Waals surface area contributed by atoms with Gasteiger partial charge in [-0.2, -0.15) is 0 Å². The van der Waals surface area contributed by atoms with Crippen LogP contribution in [0.1, 0.15) is 25.1 Å². The summed E-state index contributed by atoms with van der Waals surface area (Å²) in [5.74, 6) is -0.286. The third kappa shape index (κ3) is 4.24. The van der Waals surface area contributed by atoms with Crippen molar-refractivity contribution in [3.8, 4) is 0 Å². The number of nitrogens with one attached hydrogen (secondary N) is 1. The van der Waals surface area contributed by atoms with Crippen LogP contribution in [0.25, 0.3) is 0 Å². The predicted molar refractivity (Wildman–Crippen MR) is 63.8 cm³/mol. The summed E-state index contributed by atoms with van der Waals surface area (Å²) in [5.41, 5.74) is 0.908. The van der Waals surface area contributed by atoms with E-state index in [0.29, 0.717) is 0 Å². The summed E-state index contributed by atoms with van der Waals surface area (Å²) in [6.07, 6.45) is 2.24. The Balaban J connectivity index is 2.64. The van der Waals surface area contributed by atoms with Gasteiger partial charge in [0.2, 0.25) is 0 Å². The van der Waals surface area contributed by atoms with Gasteiger partial charge in [-0.05, 0) is 45.7 Å². The van der Waals surface area contributed by atoms with E-state index in [2.05, 4.69) is 22.1 Å². The SMILES string of the molecule is CCNC(CCN(C)C)c1ccc(F)cn1. The summed E-state index contributed by atoms with van der Waals surface area (Å²) in [6, 6.07) is 3.41. The van der Waals surface area contributed by atoms with Crippen LogP contribution in [0.3, 0.4) is 0 Å². The largest absolute Gasteiger partial charge is 0.309 e. The van der Waals surface area contributed by atoms with Crippen molar-refractivity contribution in [3.05, 3.63) is 29.8 Å². The van der Waals surface area contributed by atoms with Gasteiger partial charge in [-0.3, -0.25) is 4.98 Å². The van der Waals surface area contributed by atoms with E-state index < -0.39 is 0 Å². The van der Waals surface area contributed by atoms with Crippen molar-refractivity contribution in [2.24, 2.45) is 0 Å². The lowest BCUT2D eigenvalue weighted by Gasteiger charge is -2.19. The monoisotopic (exact) mass is 225 g/mol. The first-order valence-electron chi connectivity index (χ1n) is 5.63. The first-order chi connectivity index (χ1) is 7.63. The molecule has 0 aliphatic rings. The Hall–Kier alpha value is -1.00. The molecular formula is C12H20FN3. The van der Waals surface area contributed by atoms with Crippen LogP contribution >= 0.6 is 0 Å². The fourth-order valence-corrected chi connectivity index (χ4v) is 1.58. The normalized spacial score (nSPS) is 13.1. The molecule has 0 aliphatic carbocycles. The van der Waals surface area contributed by atoms with E-state index in [9.17, 15) is 4.39 Å². The highest BCUT2D eigenvalue weighted by Gasteiger charge is 2.11. The van der Waals surface area contributed by atoms with Crippen LogP contribution in [0, 0.1) is 5.82 Å². The summed E-state index contributed by atoms with van der Waals surface area (Å²) in [4.78, 5) is 6.25. The molecule has 0 saturated heterocycles. The molecule has 0 bridgehead atoms. The molecule has 0 radical (unpaired) electrons. The van der Waals surface area contributed by atoms with E-state index in [1.165, 1.54) is 12.3 Å². The standard InChI is InChI=1S/C12H20FN3/c1-4-14-12(7-8-16(2)3)11-6-5-10(13)9-15-11/h5-6,9,12,14H,4,7-8H2,1-3H3. The maximum absolute atomic E-state index is 12.8. The fraction of sp³-hybridized carbons (Fsp3) is 0.583. The molecule has 1 N–H and O–H groups in total. The lowest BCUT2D eigenvalue weighted by Crippen LogP contribution is -2.26. The lowest BCUT2D eigenvalue weighted by molar-refractivity contribution is 0.360. The summed E-state index contributed by atoms with van der Waals surface area (Å²) in [7, 11) is 4.09. The number of rotatable bonds is 6. The Morgan fingerprint density at radius 1 is 1.44 bits per heavy atom. The van der Waals surface area contributed by atoms with Crippen molar-refractivity contribution in [1.29, 1.82) is 0 Å². The predicted octanol–water partition coefficient (Wildman–Crippen LogP) is 1.82. The Morgan fingerprint density at radius 3 is 2.69 bits per heavy atom. The smallest absolute Gasteiger partial charge is 0.141 e. The second-order valence-corrected chi connectivity index (χ2v) is 4.10. The highest BCUT2D eigenvalue weighted by Crippen LogP contribution is 2.14. The van der Waals surface area contributed by atoms with Crippen molar-refractivity contribution in [2.45, 2.75) is 19.4 Å². The first kappa shape index (κ1) is 13.1. The highest BCUT2D eigenvalue weighted by atomic mass is 19.1. The number of halogens is 1. The van der Waals surface area contributed by atoms with Crippen molar-refractivity contribution in [3.63, 3.8) is 0 Å². The summed E-state index contributed by atoms with van der Waals surface area (Å²) >= 11 is 0. The molecular weight excluding hydrogens is 205 g/mol. The third-order valence-corrected chi connectivity index (χ3v) is 2.42. The Labute approximate surface area is 96.7 Å². The van der Waals surface area contributed by atoms with E-state index in [1.54, 1.807) is 6.07 Å². The minimum absolute atomic E-state index is 0.202. The second kappa shape index (κ2) is 6.55. The fourth-order valence-electron chi connectivity index (χ4n) is 1.58. The molecule has 1 atom stereocenters. The Kier molecular flexibility index (Phi) is 5.35. The summed E-state index contributed by atoms with van der Waals surface area (Å²) in [6.45, 7) is 3.93. The summed E-state index contributed by atoms with van der Waals surface area (Å²) in [5, 5.41) is 3.36. The zero-order chi connectivity index (χ0) is 12.0. The van der Waals surface area contributed by atoms with Gasteiger partial charge in [0.25, 0.3) is 0 Å². The average Bonchev–Trinajstić information content (AvgIpc) is 2.25. The molecule has 0 amide bonds. The van der Waals surface area contributed by atoms with E-state index in [-0.39, 0.29) is 11.9 Å². The second-order valence-electron chi connectivity index (χ2n) is 4.10. The van der Waals surface area contributed by atoms with Crippen molar-refractivity contribution >= 4 is 0 Å². The van der Waals surface area contributed by atoms with Crippen molar-refractivity contribution < 1.29 is 4.39 Å². The van der Waals surface area contributed by atoms with Gasteiger partial charge < -0.3 is 10.2 Å². The third-order valence-electron chi connectivity index (χ3n) is 2.42. The molecule has 0 spiro atoms. The van der Waals surface area contributed by atoms with Crippen molar-refractivity contribution in [1.82, 2.24) is 15.2 Å². The minimum atomic E-state index is -0.286. The van der Waals surface area contributed by atoms with Crippen LogP contribution in [0.4, 0.5) is 4.39 Å². The molecule has 0 aliphatic heterocycles. The lowest BCUT2D eigenvalue weighted by atomic mass is 10.1. The molecule has 1 unspecified atom stereocenters. The van der Waals surface area contributed by atoms with Crippen LogP contribution in [-0.4, -0.2) is 37.1 Å². The highest BCUT2D eigenvalue weighted by molar-refractivity contribution is 5.09. The minimum Gasteiger partial charge on any atom is -0.309 e. The number of pyridine rings is 1. The number of aromatic nitrogens is 1. The molecule has 3 nitrogen and oxygen atoms in total. The van der Waals surface area contributed by atoms with Crippen LogP contribution in [-0.2, 0) is 0 Å². The van der Waals surface area contributed by atoms with Gasteiger partial charge in [0.15, 0.2) is 0 Å². The molecule has 16 heavy (non-hydrogen) atoms. The van der Waals surface area contributed by atoms with Gasteiger partial charge in [0, 0.05) is 0 Å². The van der Waals surface area contributed by atoms with Gasteiger partial charge in [0.05, 0.1) is 17.9 Å². The van der Waals surface area contributed by atoms with Crippen LogP contribution in [0.15, 0.2) is 18.3 Å². The Bertz CT molecular complexity index is 298. The van der Waals surface area contributed by atoms with Crippen LogP contribution in [0.2, 0.25) is 0 Å². The maximum Gasteiger partial charge on any atom is 0.141 e. The topological polar surface area (TPSA) is 28.2 Å². The average molecular weight is 225 g/mol. The molecule has 0 fully saturated rings. The molecule has 0 saturated carbocycles. The van der Waals surface area contributed by atoms with Gasteiger partial charge >= 0.3 is 0 Å². The number of hydrogen-bond donors (Lipinski definition) is 1. The van der Waals surface area contributed by atoms with Gasteiger partial charge in [-0.25, -0.2) is 4.39 Å². The zero-order valence-electron chi connectivity index (χ0n) is 10.2. The molecule has 4 heteroatoms. The quantitative estimate of drug-likeness (QED) is 0.800. The molecule has 1 rings (SSSR count). The van der Waals surface area contributed by atoms with Crippen LogP contribution in [0.5, 0.6) is 0 Å². The molecule has 1 aromatic rings. The summed E-state index contributed by atoms with van der Waals surface area (Å²) < 4.78 is 12.8.